The molecular weight excluding hydrogens is 366 g/mol. The quantitative estimate of drug-likeness (QED) is 0.341. The van der Waals surface area contributed by atoms with Gasteiger partial charge >= 0.3 is 11.8 Å². The van der Waals surface area contributed by atoms with Gasteiger partial charge in [-0.05, 0) is 48.2 Å². The highest BCUT2D eigenvalue weighted by Gasteiger charge is 2.19. The minimum Gasteiger partial charge on any atom is -0.489 e. The van der Waals surface area contributed by atoms with E-state index in [0.29, 0.717) is 6.61 Å². The summed E-state index contributed by atoms with van der Waals surface area (Å²) in [7, 11) is 0. The lowest BCUT2D eigenvalue weighted by Crippen LogP contribution is -2.43. The Morgan fingerprint density at radius 3 is 2.31 bits per heavy atom. The summed E-state index contributed by atoms with van der Waals surface area (Å²) in [4.78, 5) is 23.9. The van der Waals surface area contributed by atoms with Gasteiger partial charge in [-0.15, -0.1) is 0 Å². The molecule has 1 aliphatic carbocycles. The lowest BCUT2D eigenvalue weighted by molar-refractivity contribution is -0.139. The van der Waals surface area contributed by atoms with Crippen LogP contribution in [0.5, 0.6) is 5.75 Å². The monoisotopic (exact) mass is 393 g/mol. The Morgan fingerprint density at radius 2 is 1.62 bits per heavy atom. The SMILES string of the molecule is O=C(N/N=C/c1ccc(OCc2ccccc2)cc1)C(=O)NC1CCCCCC1. The van der Waals surface area contributed by atoms with Crippen molar-refractivity contribution in [3.05, 3.63) is 65.7 Å². The molecule has 0 unspecified atom stereocenters. The second-order valence-electron chi connectivity index (χ2n) is 7.20. The number of nitrogens with one attached hydrogen (secondary N) is 2. The summed E-state index contributed by atoms with van der Waals surface area (Å²) in [6, 6.07) is 17.4. The van der Waals surface area contributed by atoms with Crippen LogP contribution in [0.3, 0.4) is 0 Å². The Bertz CT molecular complexity index is 811. The minimum atomic E-state index is -0.742. The Morgan fingerprint density at radius 1 is 0.931 bits per heavy atom. The van der Waals surface area contributed by atoms with Gasteiger partial charge in [0.25, 0.3) is 0 Å². The number of carbonyl (C=O) groups is 2. The molecule has 29 heavy (non-hydrogen) atoms. The number of nitrogens with zero attached hydrogens (tertiary/aromatic N) is 1. The first-order chi connectivity index (χ1) is 14.2. The average Bonchev–Trinajstić information content (AvgIpc) is 3.02. The molecule has 3 rings (SSSR count). The van der Waals surface area contributed by atoms with Crippen molar-refractivity contribution >= 4 is 18.0 Å². The summed E-state index contributed by atoms with van der Waals surface area (Å²) in [5, 5.41) is 6.67. The third-order valence-corrected chi connectivity index (χ3v) is 4.90. The molecule has 0 aromatic heterocycles. The Balaban J connectivity index is 1.42. The van der Waals surface area contributed by atoms with Gasteiger partial charge in [0, 0.05) is 6.04 Å². The molecule has 0 heterocycles. The van der Waals surface area contributed by atoms with E-state index in [9.17, 15) is 9.59 Å². The van der Waals surface area contributed by atoms with Crippen molar-refractivity contribution in [2.45, 2.75) is 51.2 Å². The summed E-state index contributed by atoms with van der Waals surface area (Å²) in [6.45, 7) is 0.500. The van der Waals surface area contributed by atoms with Crippen molar-refractivity contribution in [3.8, 4) is 5.75 Å². The van der Waals surface area contributed by atoms with Gasteiger partial charge in [-0.1, -0.05) is 56.0 Å². The van der Waals surface area contributed by atoms with E-state index in [0.717, 1.165) is 42.6 Å². The molecular formula is C23H27N3O3. The van der Waals surface area contributed by atoms with Gasteiger partial charge in [0.15, 0.2) is 0 Å². The highest BCUT2D eigenvalue weighted by molar-refractivity contribution is 6.35. The van der Waals surface area contributed by atoms with E-state index in [1.165, 1.54) is 19.1 Å². The van der Waals surface area contributed by atoms with Crippen molar-refractivity contribution in [2.24, 2.45) is 5.10 Å². The molecule has 0 radical (unpaired) electrons. The molecule has 2 amide bonds. The van der Waals surface area contributed by atoms with Gasteiger partial charge in [-0.2, -0.15) is 5.10 Å². The van der Waals surface area contributed by atoms with Crippen molar-refractivity contribution in [1.82, 2.24) is 10.7 Å². The summed E-state index contributed by atoms with van der Waals surface area (Å²) < 4.78 is 5.74. The first-order valence-corrected chi connectivity index (χ1v) is 10.1. The van der Waals surface area contributed by atoms with Crippen molar-refractivity contribution < 1.29 is 14.3 Å². The Kier molecular flexibility index (Phi) is 7.81. The molecule has 6 nitrogen and oxygen atoms in total. The van der Waals surface area contributed by atoms with Crippen molar-refractivity contribution in [2.75, 3.05) is 0 Å². The fourth-order valence-corrected chi connectivity index (χ4v) is 3.28. The maximum Gasteiger partial charge on any atom is 0.329 e. The fraction of sp³-hybridized carbons (Fsp3) is 0.348. The number of ether oxygens (including phenoxy) is 1. The summed E-state index contributed by atoms with van der Waals surface area (Å²) in [5.74, 6) is -0.621. The van der Waals surface area contributed by atoms with Gasteiger partial charge < -0.3 is 10.1 Å². The third kappa shape index (κ3) is 7.07. The first-order valence-electron chi connectivity index (χ1n) is 10.1. The largest absolute Gasteiger partial charge is 0.489 e. The van der Waals surface area contributed by atoms with Crippen LogP contribution < -0.4 is 15.5 Å². The molecule has 0 saturated heterocycles. The van der Waals surface area contributed by atoms with Gasteiger partial charge in [0.1, 0.15) is 12.4 Å². The van der Waals surface area contributed by atoms with E-state index >= 15 is 0 Å². The predicted molar refractivity (Wildman–Crippen MR) is 113 cm³/mol. The average molecular weight is 393 g/mol. The first kappa shape index (κ1) is 20.6. The van der Waals surface area contributed by atoms with Crippen LogP contribution >= 0.6 is 0 Å². The Hall–Kier alpha value is -3.15. The molecule has 2 aromatic carbocycles. The molecule has 0 spiro atoms. The maximum atomic E-state index is 12.0. The van der Waals surface area contributed by atoms with Gasteiger partial charge in [0.2, 0.25) is 0 Å². The number of hydrogen-bond acceptors (Lipinski definition) is 4. The topological polar surface area (TPSA) is 79.8 Å². The molecule has 0 bridgehead atoms. The number of amides is 2. The normalized spacial score (nSPS) is 14.9. The number of hydrazone groups is 1. The van der Waals surface area contributed by atoms with E-state index < -0.39 is 11.8 Å². The molecule has 1 saturated carbocycles. The lowest BCUT2D eigenvalue weighted by atomic mass is 10.1. The summed E-state index contributed by atoms with van der Waals surface area (Å²) in [5.41, 5.74) is 4.18. The number of rotatable bonds is 6. The van der Waals surface area contributed by atoms with Crippen LogP contribution in [0.2, 0.25) is 0 Å². The third-order valence-electron chi connectivity index (χ3n) is 4.90. The predicted octanol–water partition coefficient (Wildman–Crippen LogP) is 3.55. The minimum absolute atomic E-state index is 0.0863. The smallest absolute Gasteiger partial charge is 0.329 e. The van der Waals surface area contributed by atoms with E-state index in [-0.39, 0.29) is 6.04 Å². The fourth-order valence-electron chi connectivity index (χ4n) is 3.28. The molecule has 2 aromatic rings. The van der Waals surface area contributed by atoms with E-state index in [1.54, 1.807) is 0 Å². The molecule has 2 N–H and O–H groups in total. The standard InChI is InChI=1S/C23H27N3O3/c27-22(25-20-10-6-1-2-7-11-20)23(28)26-24-16-18-12-14-21(15-13-18)29-17-19-8-4-3-5-9-19/h3-5,8-9,12-16,20H,1-2,6-7,10-11,17H2,(H,25,27)(H,26,28)/b24-16+. The number of benzene rings is 2. The Labute approximate surface area is 171 Å². The van der Waals surface area contributed by atoms with E-state index in [2.05, 4.69) is 15.8 Å². The molecule has 1 aliphatic rings. The zero-order valence-electron chi connectivity index (χ0n) is 16.5. The maximum absolute atomic E-state index is 12.0. The van der Waals surface area contributed by atoms with Gasteiger partial charge in [-0.3, -0.25) is 9.59 Å². The number of carbonyl (C=O) groups excluding carboxylic acids is 2. The van der Waals surface area contributed by atoms with Crippen LogP contribution in [0.25, 0.3) is 0 Å². The van der Waals surface area contributed by atoms with Gasteiger partial charge in [-0.25, -0.2) is 5.43 Å². The summed E-state index contributed by atoms with van der Waals surface area (Å²) in [6.07, 6.45) is 7.93. The highest BCUT2D eigenvalue weighted by Crippen LogP contribution is 2.17. The van der Waals surface area contributed by atoms with E-state index in [1.807, 2.05) is 54.6 Å². The second kappa shape index (κ2) is 11.0. The van der Waals surface area contributed by atoms with Crippen LogP contribution in [0.4, 0.5) is 0 Å². The highest BCUT2D eigenvalue weighted by atomic mass is 16.5. The zero-order valence-corrected chi connectivity index (χ0v) is 16.5. The van der Waals surface area contributed by atoms with Crippen LogP contribution in [0.1, 0.15) is 49.7 Å². The van der Waals surface area contributed by atoms with E-state index in [4.69, 9.17) is 4.74 Å². The van der Waals surface area contributed by atoms with Crippen LogP contribution in [0, 0.1) is 0 Å². The van der Waals surface area contributed by atoms with Crippen LogP contribution in [0.15, 0.2) is 59.7 Å². The summed E-state index contributed by atoms with van der Waals surface area (Å²) >= 11 is 0. The zero-order chi connectivity index (χ0) is 20.3. The lowest BCUT2D eigenvalue weighted by Gasteiger charge is -2.14. The molecule has 0 aliphatic heterocycles. The van der Waals surface area contributed by atoms with Crippen molar-refractivity contribution in [3.63, 3.8) is 0 Å². The second-order valence-corrected chi connectivity index (χ2v) is 7.20. The number of hydrogen-bond donors (Lipinski definition) is 2. The molecule has 1 fully saturated rings. The van der Waals surface area contributed by atoms with Crippen LogP contribution in [-0.4, -0.2) is 24.1 Å². The van der Waals surface area contributed by atoms with Gasteiger partial charge in [0.05, 0.1) is 6.21 Å². The van der Waals surface area contributed by atoms with Crippen molar-refractivity contribution in [1.29, 1.82) is 0 Å². The molecule has 6 heteroatoms. The molecule has 0 atom stereocenters. The van der Waals surface area contributed by atoms with Crippen LogP contribution in [-0.2, 0) is 16.2 Å². The molecule has 152 valence electrons.